The number of nitrogens with zero attached hydrogens (tertiary/aromatic N) is 6. The molecular formula is C69H99Cl3N12O15S3. The molecule has 0 radical (unpaired) electrons. The fraction of sp³-hybridized carbons (Fsp3) is 0.667. The van der Waals surface area contributed by atoms with Gasteiger partial charge in [0.15, 0.2) is 6.35 Å². The number of unbranched alkanes of at least 4 members (excludes halogenated alkanes) is 6. The largest absolute Gasteiger partial charge is 0.492 e. The lowest BCUT2D eigenvalue weighted by Crippen LogP contribution is -2.47. The molecule has 564 valence electrons. The van der Waals surface area contributed by atoms with Crippen LogP contribution in [0.4, 0.5) is 9.59 Å². The van der Waals surface area contributed by atoms with Crippen LogP contribution in [0.2, 0.25) is 15.1 Å². The predicted molar refractivity (Wildman–Crippen MR) is 386 cm³/mol. The van der Waals surface area contributed by atoms with Gasteiger partial charge in [-0.1, -0.05) is 72.3 Å². The molecule has 7 amide bonds. The minimum absolute atomic E-state index is 0.0210. The quantitative estimate of drug-likeness (QED) is 0.0224. The van der Waals surface area contributed by atoms with Crippen molar-refractivity contribution < 1.29 is 68.5 Å². The van der Waals surface area contributed by atoms with Crippen LogP contribution in [-0.2, 0) is 51.0 Å². The Hall–Kier alpha value is -5.19. The van der Waals surface area contributed by atoms with Crippen molar-refractivity contribution in [3.05, 3.63) is 85.3 Å². The summed E-state index contributed by atoms with van der Waals surface area (Å²) in [5.41, 5.74) is 3.10. The molecule has 11 rings (SSSR count). The van der Waals surface area contributed by atoms with Crippen LogP contribution in [0.15, 0.2) is 42.5 Å². The predicted octanol–water partition coefficient (Wildman–Crippen LogP) is 6.89. The Morgan fingerprint density at radius 1 is 0.539 bits per heavy atom. The number of likely N-dealkylation sites (tertiary alicyclic amines) is 2. The normalized spacial score (nSPS) is 21.1. The lowest BCUT2D eigenvalue weighted by atomic mass is 9.90. The highest BCUT2D eigenvalue weighted by Gasteiger charge is 2.39. The van der Waals surface area contributed by atoms with Crippen LogP contribution in [0.3, 0.4) is 0 Å². The summed E-state index contributed by atoms with van der Waals surface area (Å²) in [6.07, 6.45) is 11.4. The van der Waals surface area contributed by atoms with Crippen molar-refractivity contribution in [3.63, 3.8) is 0 Å². The zero-order valence-corrected chi connectivity index (χ0v) is 62.7. The number of hydrogen-bond donors (Lipinski definition) is 7. The first kappa shape index (κ1) is 77.9. The molecule has 7 N–H and O–H groups in total. The number of carbonyl (C=O) groups excluding carboxylic acids is 5. The van der Waals surface area contributed by atoms with Crippen LogP contribution in [0.5, 0.6) is 17.2 Å². The summed E-state index contributed by atoms with van der Waals surface area (Å²) in [6, 6.07) is 8.92. The molecule has 3 aromatic carbocycles. The minimum atomic E-state index is -4.08. The van der Waals surface area contributed by atoms with Crippen LogP contribution in [0.25, 0.3) is 0 Å². The van der Waals surface area contributed by atoms with Gasteiger partial charge in [0.1, 0.15) is 30.3 Å². The minimum Gasteiger partial charge on any atom is -0.492 e. The molecule has 0 spiro atoms. The van der Waals surface area contributed by atoms with Gasteiger partial charge in [-0.25, -0.2) is 49.0 Å². The van der Waals surface area contributed by atoms with Gasteiger partial charge in [-0.2, -0.15) is 0 Å². The van der Waals surface area contributed by atoms with E-state index in [2.05, 4.69) is 39.9 Å². The van der Waals surface area contributed by atoms with Gasteiger partial charge in [0.25, 0.3) is 0 Å². The number of hydrogen-bond acceptors (Lipinski definition) is 19. The van der Waals surface area contributed by atoms with E-state index in [9.17, 15) is 54.3 Å². The van der Waals surface area contributed by atoms with Crippen molar-refractivity contribution in [1.29, 1.82) is 0 Å². The number of ether oxygens (including phenoxy) is 3. The Labute approximate surface area is 614 Å². The van der Waals surface area contributed by atoms with E-state index in [0.717, 1.165) is 64.5 Å². The highest BCUT2D eigenvalue weighted by molar-refractivity contribution is 7.90. The summed E-state index contributed by atoms with van der Waals surface area (Å²) in [5, 5.41) is 18.2. The molecule has 5 saturated heterocycles. The number of imide groups is 2. The van der Waals surface area contributed by atoms with E-state index in [4.69, 9.17) is 49.0 Å². The van der Waals surface area contributed by atoms with Crippen molar-refractivity contribution in [1.82, 2.24) is 59.5 Å². The van der Waals surface area contributed by atoms with Gasteiger partial charge in [0.2, 0.25) is 47.8 Å². The summed E-state index contributed by atoms with van der Waals surface area (Å²) < 4.78 is 115. The number of nitrogens with one attached hydrogen (secondary N) is 6. The van der Waals surface area contributed by atoms with E-state index in [1.165, 1.54) is 9.80 Å². The first-order chi connectivity index (χ1) is 48.8. The Bertz CT molecular complexity index is 3830. The van der Waals surface area contributed by atoms with Gasteiger partial charge in [0, 0.05) is 58.4 Å². The molecule has 102 heavy (non-hydrogen) atoms. The standard InChI is InChI=1S/C69H99Cl3N12O15S3/c1-79(37-55(49-19-20-54(70)59(33-49)97-43-46-13-14-46)76-100(91,92)28-10-2-5-24-82-40-62(85)73-67(82)88)36-52-31-50(34-60(65(52)71)98-44-47-15-16-47)57(78-102(95,96)30-12-4-7-26-84-42-64(87)75-69(84)90)39-81-27-21-58(81)53-32-51(35-61(66(53)72)99-45-48-17-18-48)56(38-80-22-8-9-23-80)77-101(93,94)29-11-3-6-25-83-41-63(86)74-68(83)89/h19-20,31-35,46-48,55-58,67,76-78,88H,2-18,21-30,36-45H2,1H3,(H,73,85)(H,74,86,89)(H,75,87,90)/t55-,56-,57-,58?,67?/m1/s1. The summed E-state index contributed by atoms with van der Waals surface area (Å²) in [6.45, 7) is 5.17. The summed E-state index contributed by atoms with van der Waals surface area (Å²) >= 11 is 21.7. The molecule has 5 aliphatic heterocycles. The second kappa shape index (κ2) is 35.5. The van der Waals surface area contributed by atoms with Crippen molar-refractivity contribution >= 4 is 94.7 Å². The number of benzene rings is 3. The second-order valence-electron chi connectivity index (χ2n) is 29.0. The lowest BCUT2D eigenvalue weighted by molar-refractivity contribution is -0.119. The summed E-state index contributed by atoms with van der Waals surface area (Å²) in [4.78, 5) is 70.7. The van der Waals surface area contributed by atoms with Gasteiger partial charge in [0.05, 0.1) is 76.8 Å². The number of urea groups is 2. The van der Waals surface area contributed by atoms with Crippen LogP contribution in [0, 0.1) is 17.8 Å². The molecule has 27 nitrogen and oxygen atoms in total. The number of likely N-dealkylation sites (N-methyl/N-ethyl adjacent to an activating group) is 1. The molecule has 0 aromatic heterocycles. The van der Waals surface area contributed by atoms with Gasteiger partial charge in [-0.15, -0.1) is 0 Å². The third-order valence-corrected chi connectivity index (χ3v) is 25.7. The Morgan fingerprint density at radius 3 is 1.52 bits per heavy atom. The van der Waals surface area contributed by atoms with E-state index in [1.807, 2.05) is 30.1 Å². The fourth-order valence-electron chi connectivity index (χ4n) is 13.6. The lowest BCUT2D eigenvalue weighted by Gasteiger charge is -2.44. The van der Waals surface area contributed by atoms with Gasteiger partial charge < -0.3 is 44.2 Å². The summed E-state index contributed by atoms with van der Waals surface area (Å²) in [7, 11) is -10.1. The number of aliphatic hydroxyl groups excluding tert-OH is 1. The Morgan fingerprint density at radius 2 is 1.03 bits per heavy atom. The number of carbonyl (C=O) groups is 5. The molecule has 3 aromatic rings. The van der Waals surface area contributed by atoms with Crippen molar-refractivity contribution in [2.24, 2.45) is 17.8 Å². The first-order valence-corrected chi connectivity index (χ1v) is 42.2. The van der Waals surface area contributed by atoms with Crippen LogP contribution in [-0.4, -0.2) is 219 Å². The zero-order chi connectivity index (χ0) is 72.3. The molecule has 5 heterocycles. The fourth-order valence-corrected chi connectivity index (χ4v) is 18.3. The van der Waals surface area contributed by atoms with E-state index in [0.29, 0.717) is 182 Å². The molecule has 8 fully saturated rings. The third-order valence-electron chi connectivity index (χ3n) is 20.1. The average Bonchev–Trinajstić information content (AvgIpc) is 1.35. The maximum absolute atomic E-state index is 14.7. The van der Waals surface area contributed by atoms with Crippen molar-refractivity contribution in [2.45, 2.75) is 153 Å². The van der Waals surface area contributed by atoms with Crippen molar-refractivity contribution in [3.8, 4) is 17.2 Å². The monoisotopic (exact) mass is 1540 g/mol. The second-order valence-corrected chi connectivity index (χ2v) is 35.8. The number of halogens is 3. The number of rotatable bonds is 45. The molecule has 8 aliphatic rings. The Balaban J connectivity index is 0.865. The molecular weight excluding hydrogens is 1440 g/mol. The van der Waals surface area contributed by atoms with E-state index >= 15 is 0 Å². The van der Waals surface area contributed by atoms with Crippen molar-refractivity contribution in [2.75, 3.05) is 123 Å². The summed E-state index contributed by atoms with van der Waals surface area (Å²) in [5.74, 6) is 0.631. The molecule has 3 saturated carbocycles. The highest BCUT2D eigenvalue weighted by atomic mass is 35.5. The number of aliphatic hydroxyl groups is 1. The van der Waals surface area contributed by atoms with E-state index in [-0.39, 0.29) is 87.3 Å². The SMILES string of the molecule is CN(Cc1cc([C@@H](CN2CCC2c2cc([C@@H](CN3CCCC3)NS(=O)(=O)CCCCCN3CC(=O)NC3=O)cc(OCC3CC3)c2Cl)NS(=O)(=O)CCCCCN2CC(=O)NC2=O)cc(OCC2CC2)c1Cl)C[C@@H](NS(=O)(=O)CCCCCN1CC(=O)NC1O)c1ccc(Cl)c(OCC2CC2)c1. The van der Waals surface area contributed by atoms with E-state index in [1.54, 1.807) is 29.2 Å². The first-order valence-electron chi connectivity index (χ1n) is 36.2. The smallest absolute Gasteiger partial charge is 0.324 e. The van der Waals surface area contributed by atoms with Crippen LogP contribution in [0.1, 0.15) is 168 Å². The molecule has 2 unspecified atom stereocenters. The average molecular weight is 1540 g/mol. The highest BCUT2D eigenvalue weighted by Crippen LogP contribution is 2.46. The molecule has 0 bridgehead atoms. The molecule has 5 atom stereocenters. The molecule has 3 aliphatic carbocycles. The zero-order valence-electron chi connectivity index (χ0n) is 58.0. The third kappa shape index (κ3) is 23.2. The van der Waals surface area contributed by atoms with Gasteiger partial charge in [-0.3, -0.25) is 34.8 Å². The topological polar surface area (TPSA) is 327 Å². The number of sulfonamides is 3. The molecule has 33 heteroatoms. The van der Waals surface area contributed by atoms with Gasteiger partial charge >= 0.3 is 12.1 Å². The van der Waals surface area contributed by atoms with Crippen LogP contribution >= 0.6 is 34.8 Å². The van der Waals surface area contributed by atoms with E-state index < -0.39 is 72.5 Å². The maximum atomic E-state index is 14.7. The number of amides is 7. The van der Waals surface area contributed by atoms with Crippen LogP contribution < -0.4 is 44.3 Å². The van der Waals surface area contributed by atoms with Gasteiger partial charge in [-0.05, 0) is 186 Å². The maximum Gasteiger partial charge on any atom is 0.324 e. The Kier molecular flexibility index (Phi) is 27.1.